The van der Waals surface area contributed by atoms with Gasteiger partial charge in [-0.25, -0.2) is 4.68 Å². The molecule has 0 unspecified atom stereocenters. The predicted octanol–water partition coefficient (Wildman–Crippen LogP) is 0.436. The Balaban J connectivity index is 1.58. The van der Waals surface area contributed by atoms with Gasteiger partial charge in [-0.3, -0.25) is 14.3 Å². The first-order chi connectivity index (χ1) is 12.6. The maximum Gasteiger partial charge on any atom is 0.275 e. The molecular weight excluding hydrogens is 334 g/mol. The van der Waals surface area contributed by atoms with Crippen LogP contribution in [0.3, 0.4) is 0 Å². The lowest BCUT2D eigenvalue weighted by Gasteiger charge is -2.27. The van der Waals surface area contributed by atoms with Crippen molar-refractivity contribution in [1.29, 1.82) is 0 Å². The average Bonchev–Trinajstić information content (AvgIpc) is 3.08. The number of aromatic nitrogens is 4. The highest BCUT2D eigenvalue weighted by Gasteiger charge is 2.23. The number of benzene rings is 1. The Kier molecular flexibility index (Phi) is 4.04. The van der Waals surface area contributed by atoms with Crippen LogP contribution in [0.5, 0.6) is 0 Å². The maximum atomic E-state index is 12.7. The van der Waals surface area contributed by atoms with E-state index in [1.807, 2.05) is 19.1 Å². The summed E-state index contributed by atoms with van der Waals surface area (Å²) >= 11 is 0. The van der Waals surface area contributed by atoms with Crippen LogP contribution in [0.25, 0.3) is 10.8 Å². The zero-order valence-electron chi connectivity index (χ0n) is 14.4. The Morgan fingerprint density at radius 3 is 2.73 bits per heavy atom. The highest BCUT2D eigenvalue weighted by atomic mass is 16.3. The molecule has 0 radical (unpaired) electrons. The fraction of sp³-hybridized carbons (Fsp3) is 0.333. The first-order valence-electron chi connectivity index (χ1n) is 8.47. The third kappa shape index (κ3) is 2.78. The number of carbonyl (C=O) groups is 1. The van der Waals surface area contributed by atoms with Crippen molar-refractivity contribution in [1.82, 2.24) is 24.5 Å². The molecule has 3 aromatic rings. The summed E-state index contributed by atoms with van der Waals surface area (Å²) in [5.74, 6) is -0.160. The zero-order chi connectivity index (χ0) is 18.3. The summed E-state index contributed by atoms with van der Waals surface area (Å²) in [6.07, 6.45) is 0. The van der Waals surface area contributed by atoms with Crippen molar-refractivity contribution in [2.24, 2.45) is 0 Å². The second kappa shape index (κ2) is 6.38. The third-order valence-electron chi connectivity index (χ3n) is 4.70. The molecule has 1 aromatic carbocycles. The molecule has 8 heteroatoms. The van der Waals surface area contributed by atoms with E-state index in [0.717, 1.165) is 16.8 Å². The van der Waals surface area contributed by atoms with Crippen LogP contribution in [0.15, 0.2) is 35.1 Å². The van der Waals surface area contributed by atoms with Gasteiger partial charge in [-0.2, -0.15) is 10.2 Å². The van der Waals surface area contributed by atoms with Gasteiger partial charge in [0.05, 0.1) is 42.2 Å². The monoisotopic (exact) mass is 353 g/mol. The number of hydrogen-bond donors (Lipinski definition) is 1. The van der Waals surface area contributed by atoms with Crippen LogP contribution >= 0.6 is 0 Å². The molecule has 2 aromatic heterocycles. The minimum absolute atomic E-state index is 0.0918. The first kappa shape index (κ1) is 16.5. The van der Waals surface area contributed by atoms with Crippen molar-refractivity contribution >= 4 is 16.7 Å². The number of carbonyl (C=O) groups excluding carboxylic acids is 1. The molecule has 1 N–H and O–H groups in total. The molecule has 0 atom stereocenters. The number of aliphatic hydroxyl groups is 1. The fourth-order valence-corrected chi connectivity index (χ4v) is 3.36. The molecule has 0 saturated heterocycles. The van der Waals surface area contributed by atoms with Crippen molar-refractivity contribution in [2.75, 3.05) is 6.54 Å². The molecule has 0 fully saturated rings. The number of fused-ring (bicyclic) bond motifs is 2. The summed E-state index contributed by atoms with van der Waals surface area (Å²) in [7, 11) is 0. The fourth-order valence-electron chi connectivity index (χ4n) is 3.36. The van der Waals surface area contributed by atoms with Crippen LogP contribution in [-0.4, -0.2) is 42.0 Å². The molecule has 0 saturated carbocycles. The van der Waals surface area contributed by atoms with E-state index in [1.165, 1.54) is 4.68 Å². The van der Waals surface area contributed by atoms with E-state index in [0.29, 0.717) is 30.7 Å². The van der Waals surface area contributed by atoms with Gasteiger partial charge in [-0.15, -0.1) is 0 Å². The van der Waals surface area contributed by atoms with Gasteiger partial charge in [0.1, 0.15) is 6.54 Å². The van der Waals surface area contributed by atoms with Gasteiger partial charge >= 0.3 is 0 Å². The van der Waals surface area contributed by atoms with Gasteiger partial charge in [-0.1, -0.05) is 18.2 Å². The maximum absolute atomic E-state index is 12.7. The van der Waals surface area contributed by atoms with Crippen molar-refractivity contribution in [2.45, 2.75) is 33.2 Å². The van der Waals surface area contributed by atoms with E-state index in [-0.39, 0.29) is 24.6 Å². The topological polar surface area (TPSA) is 93.2 Å². The largest absolute Gasteiger partial charge is 0.390 e. The molecule has 1 amide bonds. The average molecular weight is 353 g/mol. The van der Waals surface area contributed by atoms with Crippen LogP contribution in [0.4, 0.5) is 0 Å². The number of rotatable bonds is 3. The predicted molar refractivity (Wildman–Crippen MR) is 94.3 cm³/mol. The lowest BCUT2D eigenvalue weighted by molar-refractivity contribution is -0.133. The van der Waals surface area contributed by atoms with Crippen LogP contribution in [0.2, 0.25) is 0 Å². The van der Waals surface area contributed by atoms with Gasteiger partial charge < -0.3 is 10.0 Å². The van der Waals surface area contributed by atoms with Crippen LogP contribution in [0.1, 0.15) is 17.1 Å². The van der Waals surface area contributed by atoms with E-state index in [9.17, 15) is 14.7 Å². The van der Waals surface area contributed by atoms with E-state index < -0.39 is 0 Å². The standard InChI is InChI=1S/C18H19N5O3/c1-12-15-4-2-3-5-16(15)18(26)23(19-12)10-17(25)21-6-7-22-14(9-21)8-13(11-24)20-22/h2-5,8,24H,6-7,9-11H2,1H3. The molecule has 0 bridgehead atoms. The van der Waals surface area contributed by atoms with Crippen LogP contribution < -0.4 is 5.56 Å². The SMILES string of the molecule is Cc1nn(CC(=O)N2CCn3nc(CO)cc3C2)c(=O)c2ccccc12. The summed E-state index contributed by atoms with van der Waals surface area (Å²) in [5.41, 5.74) is 1.93. The van der Waals surface area contributed by atoms with Crippen molar-refractivity contribution in [3.8, 4) is 0 Å². The Morgan fingerprint density at radius 2 is 1.96 bits per heavy atom. The summed E-state index contributed by atoms with van der Waals surface area (Å²) in [4.78, 5) is 27.0. The number of aryl methyl sites for hydroxylation is 1. The van der Waals surface area contributed by atoms with Crippen molar-refractivity contribution < 1.29 is 9.90 Å². The van der Waals surface area contributed by atoms with Gasteiger partial charge in [-0.05, 0) is 19.1 Å². The lowest BCUT2D eigenvalue weighted by Crippen LogP contribution is -2.42. The summed E-state index contributed by atoms with van der Waals surface area (Å²) in [6, 6.07) is 9.08. The Hall–Kier alpha value is -3.00. The van der Waals surface area contributed by atoms with Crippen molar-refractivity contribution in [3.63, 3.8) is 0 Å². The molecule has 1 aliphatic rings. The second-order valence-electron chi connectivity index (χ2n) is 6.42. The highest BCUT2D eigenvalue weighted by Crippen LogP contribution is 2.15. The molecular formula is C18H19N5O3. The van der Waals surface area contributed by atoms with Gasteiger partial charge in [0.15, 0.2) is 0 Å². The lowest BCUT2D eigenvalue weighted by atomic mass is 10.1. The Bertz CT molecular complexity index is 1050. The Morgan fingerprint density at radius 1 is 1.19 bits per heavy atom. The van der Waals surface area contributed by atoms with E-state index in [4.69, 9.17) is 0 Å². The molecule has 8 nitrogen and oxygen atoms in total. The highest BCUT2D eigenvalue weighted by molar-refractivity contribution is 5.83. The molecule has 3 heterocycles. The quantitative estimate of drug-likeness (QED) is 0.737. The molecule has 134 valence electrons. The van der Waals surface area contributed by atoms with E-state index >= 15 is 0 Å². The smallest absolute Gasteiger partial charge is 0.275 e. The minimum Gasteiger partial charge on any atom is -0.390 e. The van der Waals surface area contributed by atoms with Crippen LogP contribution in [0, 0.1) is 6.92 Å². The third-order valence-corrected chi connectivity index (χ3v) is 4.70. The molecule has 0 aliphatic carbocycles. The van der Waals surface area contributed by atoms with Gasteiger partial charge in [0.25, 0.3) is 5.56 Å². The first-order valence-corrected chi connectivity index (χ1v) is 8.47. The second-order valence-corrected chi connectivity index (χ2v) is 6.42. The van der Waals surface area contributed by atoms with E-state index in [1.54, 1.807) is 27.8 Å². The summed E-state index contributed by atoms with van der Waals surface area (Å²) < 4.78 is 3.05. The van der Waals surface area contributed by atoms with Gasteiger partial charge in [0, 0.05) is 11.9 Å². The molecule has 26 heavy (non-hydrogen) atoms. The number of aliphatic hydroxyl groups excluding tert-OH is 1. The van der Waals surface area contributed by atoms with Crippen LogP contribution in [-0.2, 0) is 31.0 Å². The molecule has 4 rings (SSSR count). The van der Waals surface area contributed by atoms with E-state index in [2.05, 4.69) is 10.2 Å². The van der Waals surface area contributed by atoms with Gasteiger partial charge in [0.2, 0.25) is 5.91 Å². The molecule has 1 aliphatic heterocycles. The summed E-state index contributed by atoms with van der Waals surface area (Å²) in [5, 5.41) is 19.1. The molecule has 0 spiro atoms. The minimum atomic E-state index is -0.260. The zero-order valence-corrected chi connectivity index (χ0v) is 14.4. The number of amides is 1. The number of nitrogens with zero attached hydrogens (tertiary/aromatic N) is 5. The summed E-state index contributed by atoms with van der Waals surface area (Å²) in [6.45, 7) is 3.11. The normalized spacial score (nSPS) is 13.8. The van der Waals surface area contributed by atoms with Crippen molar-refractivity contribution in [3.05, 3.63) is 57.8 Å². The Labute approximate surface area is 149 Å². The number of hydrogen-bond acceptors (Lipinski definition) is 5.